The molecule has 0 spiro atoms. The predicted octanol–water partition coefficient (Wildman–Crippen LogP) is 2.74. The van der Waals surface area contributed by atoms with Crippen LogP contribution in [0.15, 0.2) is 55.5 Å². The van der Waals surface area contributed by atoms with Crippen molar-refractivity contribution in [3.63, 3.8) is 0 Å². The van der Waals surface area contributed by atoms with Crippen molar-refractivity contribution >= 4 is 32.6 Å². The summed E-state index contributed by atoms with van der Waals surface area (Å²) in [6, 6.07) is 3.31. The van der Waals surface area contributed by atoms with Crippen molar-refractivity contribution in [2.45, 2.75) is 44.0 Å². The van der Waals surface area contributed by atoms with Crippen LogP contribution in [0.5, 0.6) is 0 Å². The average Bonchev–Trinajstić information content (AvgIpc) is 3.33. The van der Waals surface area contributed by atoms with E-state index in [0.29, 0.717) is 35.9 Å². The summed E-state index contributed by atoms with van der Waals surface area (Å²) in [6.07, 6.45) is 13.2. The normalized spacial score (nSPS) is 14.1. The fraction of sp³-hybridized carbons (Fsp3) is 0.346. The van der Waals surface area contributed by atoms with Gasteiger partial charge in [-0.3, -0.25) is 4.68 Å². The largest absolute Gasteiger partial charge is 0.394 e. The number of nitrogens with one attached hydrogen (secondary N) is 1. The van der Waals surface area contributed by atoms with Crippen LogP contribution < -0.4 is 5.32 Å². The molecule has 1 saturated carbocycles. The van der Waals surface area contributed by atoms with Crippen LogP contribution in [-0.4, -0.2) is 75.6 Å². The molecule has 0 radical (unpaired) electrons. The molecule has 6 rings (SSSR count). The number of pyridine rings is 1. The topological polar surface area (TPSA) is 166 Å². The summed E-state index contributed by atoms with van der Waals surface area (Å²) >= 11 is 0. The molecule has 5 aromatic rings. The summed E-state index contributed by atoms with van der Waals surface area (Å²) in [5.74, 6) is 1.42. The van der Waals surface area contributed by atoms with Crippen LogP contribution in [0.3, 0.4) is 0 Å². The van der Waals surface area contributed by atoms with Gasteiger partial charge in [0.2, 0.25) is 0 Å². The second kappa shape index (κ2) is 10.1. The van der Waals surface area contributed by atoms with E-state index in [2.05, 4.69) is 48.9 Å². The number of anilines is 2. The minimum absolute atomic E-state index is 0.165. The summed E-state index contributed by atoms with van der Waals surface area (Å²) in [4.78, 5) is 13.5. The Balaban J connectivity index is 1.29. The zero-order valence-electron chi connectivity index (χ0n) is 22.0. The van der Waals surface area contributed by atoms with Crippen LogP contribution in [-0.2, 0) is 10.0 Å². The number of aromatic nitrogens is 8. The third kappa shape index (κ3) is 4.74. The summed E-state index contributed by atoms with van der Waals surface area (Å²) in [5.41, 5.74) is 3.24. The van der Waals surface area contributed by atoms with Gasteiger partial charge in [0.15, 0.2) is 5.82 Å². The summed E-state index contributed by atoms with van der Waals surface area (Å²) < 4.78 is 29.7. The van der Waals surface area contributed by atoms with E-state index in [4.69, 9.17) is 0 Å². The van der Waals surface area contributed by atoms with E-state index in [-0.39, 0.29) is 24.5 Å². The Morgan fingerprint density at radius 2 is 1.77 bits per heavy atom. The highest BCUT2D eigenvalue weighted by Crippen LogP contribution is 2.34. The lowest BCUT2D eigenvalue weighted by Gasteiger charge is -2.10. The van der Waals surface area contributed by atoms with Crippen molar-refractivity contribution in [3.8, 4) is 22.5 Å². The van der Waals surface area contributed by atoms with Crippen LogP contribution in [0, 0.1) is 0 Å². The molecule has 0 atom stereocenters. The smallest absolute Gasteiger partial charge is 0.256 e. The molecule has 0 aliphatic heterocycles. The van der Waals surface area contributed by atoms with Crippen molar-refractivity contribution in [2.75, 3.05) is 18.5 Å². The van der Waals surface area contributed by atoms with Crippen molar-refractivity contribution in [1.29, 1.82) is 0 Å². The average molecular weight is 564 g/mol. The maximum atomic E-state index is 12.5. The SMILES string of the molecule is CC(C)n1cc(-c2cnn(C(CO)CO)c2)c2cnc(Nc3ccnc(-c4cnn(S(=O)(=O)C5CC5)c4)n3)cc21. The van der Waals surface area contributed by atoms with Gasteiger partial charge in [-0.25, -0.2) is 23.4 Å². The Morgan fingerprint density at radius 3 is 2.50 bits per heavy atom. The Morgan fingerprint density at radius 1 is 1.00 bits per heavy atom. The molecule has 0 aromatic carbocycles. The molecule has 0 unspecified atom stereocenters. The first-order valence-corrected chi connectivity index (χ1v) is 14.4. The molecule has 0 bridgehead atoms. The summed E-state index contributed by atoms with van der Waals surface area (Å²) in [5, 5.41) is 31.2. The van der Waals surface area contributed by atoms with Crippen LogP contribution >= 0.6 is 0 Å². The molecule has 0 amide bonds. The van der Waals surface area contributed by atoms with Gasteiger partial charge >= 0.3 is 0 Å². The summed E-state index contributed by atoms with van der Waals surface area (Å²) in [7, 11) is -3.47. The first-order chi connectivity index (χ1) is 19.3. The number of hydrogen-bond donors (Lipinski definition) is 3. The molecular weight excluding hydrogens is 534 g/mol. The second-order valence-corrected chi connectivity index (χ2v) is 12.2. The second-order valence-electron chi connectivity index (χ2n) is 10.1. The molecule has 40 heavy (non-hydrogen) atoms. The molecule has 14 heteroatoms. The Labute approximate surface area is 230 Å². The molecule has 1 aliphatic carbocycles. The molecule has 1 fully saturated rings. The minimum atomic E-state index is -3.47. The van der Waals surface area contributed by atoms with Gasteiger partial charge in [0.25, 0.3) is 10.0 Å². The van der Waals surface area contributed by atoms with E-state index in [0.717, 1.165) is 26.1 Å². The number of hydrogen-bond acceptors (Lipinski definition) is 10. The third-order valence-corrected chi connectivity index (χ3v) is 8.95. The van der Waals surface area contributed by atoms with Gasteiger partial charge < -0.3 is 20.1 Å². The van der Waals surface area contributed by atoms with Crippen molar-refractivity contribution in [2.24, 2.45) is 0 Å². The van der Waals surface area contributed by atoms with Crippen LogP contribution in [0.2, 0.25) is 0 Å². The van der Waals surface area contributed by atoms with Gasteiger partial charge in [-0.1, -0.05) is 0 Å². The lowest BCUT2D eigenvalue weighted by Crippen LogP contribution is -2.17. The van der Waals surface area contributed by atoms with Gasteiger partial charge in [-0.2, -0.15) is 14.3 Å². The molecule has 1 aliphatic rings. The fourth-order valence-corrected chi connectivity index (χ4v) is 6.02. The Bertz CT molecular complexity index is 1780. The van der Waals surface area contributed by atoms with Crippen molar-refractivity contribution < 1.29 is 18.6 Å². The van der Waals surface area contributed by atoms with Gasteiger partial charge in [0.1, 0.15) is 11.6 Å². The number of aliphatic hydroxyl groups is 2. The molecular formula is C26H29N9O4S. The quantitative estimate of drug-likeness (QED) is 0.230. The highest BCUT2D eigenvalue weighted by molar-refractivity contribution is 7.90. The van der Waals surface area contributed by atoms with E-state index in [9.17, 15) is 18.6 Å². The van der Waals surface area contributed by atoms with E-state index in [1.165, 1.54) is 12.4 Å². The van der Waals surface area contributed by atoms with Crippen molar-refractivity contribution in [3.05, 3.63) is 55.5 Å². The van der Waals surface area contributed by atoms with Gasteiger partial charge in [-0.05, 0) is 32.8 Å². The summed E-state index contributed by atoms with van der Waals surface area (Å²) in [6.45, 7) is 3.76. The number of fused-ring (bicyclic) bond motifs is 1. The predicted molar refractivity (Wildman–Crippen MR) is 148 cm³/mol. The van der Waals surface area contributed by atoms with Crippen molar-refractivity contribution in [1.82, 2.24) is 38.5 Å². The Kier molecular flexibility index (Phi) is 6.60. The van der Waals surface area contributed by atoms with Crippen LogP contribution in [0.1, 0.15) is 38.8 Å². The number of aliphatic hydroxyl groups excluding tert-OH is 2. The first-order valence-electron chi connectivity index (χ1n) is 12.9. The van der Waals surface area contributed by atoms with E-state index in [1.54, 1.807) is 29.3 Å². The van der Waals surface area contributed by atoms with Gasteiger partial charge in [0, 0.05) is 53.4 Å². The number of nitrogens with zero attached hydrogens (tertiary/aromatic N) is 8. The monoisotopic (exact) mass is 563 g/mol. The van der Waals surface area contributed by atoms with E-state index in [1.807, 2.05) is 18.5 Å². The molecule has 13 nitrogen and oxygen atoms in total. The van der Waals surface area contributed by atoms with Gasteiger partial charge in [-0.15, -0.1) is 0 Å². The molecule has 5 aromatic heterocycles. The molecule has 5 heterocycles. The molecule has 0 saturated heterocycles. The fourth-order valence-electron chi connectivity index (χ4n) is 4.55. The minimum Gasteiger partial charge on any atom is -0.394 e. The Hall–Kier alpha value is -4.14. The highest BCUT2D eigenvalue weighted by atomic mass is 32.2. The van der Waals surface area contributed by atoms with Crippen LogP contribution in [0.4, 0.5) is 11.6 Å². The van der Waals surface area contributed by atoms with E-state index < -0.39 is 16.1 Å². The highest BCUT2D eigenvalue weighted by Gasteiger charge is 2.37. The molecule has 3 N–H and O–H groups in total. The third-order valence-electron chi connectivity index (χ3n) is 6.92. The molecule has 208 valence electrons. The van der Waals surface area contributed by atoms with E-state index >= 15 is 0 Å². The zero-order chi connectivity index (χ0) is 28.0. The zero-order valence-corrected chi connectivity index (χ0v) is 22.8. The number of rotatable bonds is 10. The maximum absolute atomic E-state index is 12.5. The standard InChI is InChI=1S/C26H29N9O4S/c1-16(2)33-13-22(17-8-29-34(11-17)19(14-36)15-37)21-10-28-25(7-23(21)33)31-24-5-6-27-26(32-24)18-9-30-35(12-18)40(38,39)20-3-4-20/h5-13,16,19-20,36-37H,3-4,14-15H2,1-2H3,(H,27,28,31,32). The lowest BCUT2D eigenvalue weighted by molar-refractivity contribution is 0.146. The van der Waals surface area contributed by atoms with Gasteiger partial charge in [0.05, 0.1) is 54.2 Å². The maximum Gasteiger partial charge on any atom is 0.256 e. The lowest BCUT2D eigenvalue weighted by atomic mass is 10.1. The van der Waals surface area contributed by atoms with Crippen LogP contribution in [0.25, 0.3) is 33.4 Å². The first kappa shape index (κ1) is 26.1.